The Balaban J connectivity index is 0.000000222. The summed E-state index contributed by atoms with van der Waals surface area (Å²) in [6.07, 6.45) is 0. The van der Waals surface area contributed by atoms with Gasteiger partial charge in [-0.15, -0.1) is 23.3 Å². The van der Waals surface area contributed by atoms with Gasteiger partial charge >= 0.3 is 0 Å². The molecule has 1 aliphatic rings. The SMILES string of the molecule is CC1(C)CNC1.SS. The lowest BCUT2D eigenvalue weighted by molar-refractivity contribution is 0.226. The molecule has 0 spiro atoms. The smallest absolute Gasteiger partial charge is 0.00149 e. The van der Waals surface area contributed by atoms with E-state index in [0.717, 1.165) is 0 Å². The highest BCUT2D eigenvalue weighted by Gasteiger charge is 2.24. The summed E-state index contributed by atoms with van der Waals surface area (Å²) in [6.45, 7) is 6.94. The zero-order chi connectivity index (χ0) is 6.62. The predicted molar refractivity (Wildman–Crippen MR) is 44.6 cm³/mol. The summed E-state index contributed by atoms with van der Waals surface area (Å²) in [4.78, 5) is 0. The molecule has 0 aromatic heterocycles. The molecule has 1 rings (SSSR count). The third kappa shape index (κ3) is 2.84. The Kier molecular flexibility index (Phi) is 3.94. The van der Waals surface area contributed by atoms with E-state index >= 15 is 0 Å². The van der Waals surface area contributed by atoms with Crippen molar-refractivity contribution in [2.24, 2.45) is 5.41 Å². The predicted octanol–water partition coefficient (Wildman–Crippen LogP) is 1.38. The summed E-state index contributed by atoms with van der Waals surface area (Å²) in [6, 6.07) is 0. The van der Waals surface area contributed by atoms with Crippen molar-refractivity contribution < 1.29 is 0 Å². The Morgan fingerprint density at radius 3 is 1.50 bits per heavy atom. The molecule has 0 amide bonds. The van der Waals surface area contributed by atoms with E-state index < -0.39 is 0 Å². The van der Waals surface area contributed by atoms with E-state index in [4.69, 9.17) is 0 Å². The summed E-state index contributed by atoms with van der Waals surface area (Å²) in [5, 5.41) is 3.20. The maximum atomic E-state index is 3.22. The first-order valence-electron chi connectivity index (χ1n) is 2.61. The van der Waals surface area contributed by atoms with Crippen LogP contribution >= 0.6 is 23.3 Å². The Morgan fingerprint density at radius 1 is 1.25 bits per heavy atom. The van der Waals surface area contributed by atoms with Gasteiger partial charge in [-0.2, -0.15) is 0 Å². The van der Waals surface area contributed by atoms with Crippen molar-refractivity contribution in [1.29, 1.82) is 0 Å². The van der Waals surface area contributed by atoms with E-state index in [1.807, 2.05) is 0 Å². The Morgan fingerprint density at radius 2 is 1.50 bits per heavy atom. The van der Waals surface area contributed by atoms with Crippen molar-refractivity contribution in [2.75, 3.05) is 13.1 Å². The number of rotatable bonds is 0. The van der Waals surface area contributed by atoms with E-state index in [1.165, 1.54) is 13.1 Å². The molecule has 1 nitrogen and oxygen atoms in total. The van der Waals surface area contributed by atoms with Gasteiger partial charge in [0.05, 0.1) is 0 Å². The lowest BCUT2D eigenvalue weighted by Gasteiger charge is -2.35. The van der Waals surface area contributed by atoms with Crippen LogP contribution in [0.2, 0.25) is 0 Å². The molecule has 0 aromatic carbocycles. The first-order chi connectivity index (χ1) is 3.71. The number of thiol groups is 2. The minimum absolute atomic E-state index is 0.611. The maximum absolute atomic E-state index is 3.22. The van der Waals surface area contributed by atoms with Crippen LogP contribution in [0, 0.1) is 5.41 Å². The fourth-order valence-corrected chi connectivity index (χ4v) is 0.625. The zero-order valence-corrected chi connectivity index (χ0v) is 7.10. The van der Waals surface area contributed by atoms with Gasteiger partial charge in [-0.25, -0.2) is 0 Å². The van der Waals surface area contributed by atoms with Crippen LogP contribution < -0.4 is 5.32 Å². The number of hydrogen-bond donors (Lipinski definition) is 3. The van der Waals surface area contributed by atoms with Crippen molar-refractivity contribution in [3.8, 4) is 0 Å². The molecular weight excluding hydrogens is 138 g/mol. The zero-order valence-electron chi connectivity index (χ0n) is 5.31. The molecule has 0 unspecified atom stereocenters. The fraction of sp³-hybridized carbons (Fsp3) is 1.00. The van der Waals surface area contributed by atoms with Gasteiger partial charge in [-0.3, -0.25) is 0 Å². The monoisotopic (exact) mass is 151 g/mol. The van der Waals surface area contributed by atoms with Gasteiger partial charge in [0, 0.05) is 13.1 Å². The van der Waals surface area contributed by atoms with Crippen molar-refractivity contribution >= 4 is 23.3 Å². The van der Waals surface area contributed by atoms with Gasteiger partial charge < -0.3 is 5.32 Å². The quantitative estimate of drug-likeness (QED) is 0.351. The lowest BCUT2D eigenvalue weighted by atomic mass is 9.87. The second-order valence-corrected chi connectivity index (χ2v) is 2.77. The molecule has 1 N–H and O–H groups in total. The van der Waals surface area contributed by atoms with E-state index in [-0.39, 0.29) is 0 Å². The summed E-state index contributed by atoms with van der Waals surface area (Å²) in [7, 11) is 0. The van der Waals surface area contributed by atoms with Crippen LogP contribution in [-0.2, 0) is 0 Å². The molecule has 0 atom stereocenters. The van der Waals surface area contributed by atoms with Crippen molar-refractivity contribution in [3.05, 3.63) is 0 Å². The summed E-state index contributed by atoms with van der Waals surface area (Å²) >= 11 is 6.44. The highest BCUT2D eigenvalue weighted by atomic mass is 33.1. The molecule has 0 aliphatic carbocycles. The number of hydrogen-bond acceptors (Lipinski definition) is 3. The van der Waals surface area contributed by atoms with Crippen LogP contribution in [0.25, 0.3) is 0 Å². The second-order valence-electron chi connectivity index (χ2n) is 2.77. The molecule has 1 aliphatic heterocycles. The van der Waals surface area contributed by atoms with Crippen LogP contribution in [0.5, 0.6) is 0 Å². The molecule has 0 saturated carbocycles. The third-order valence-electron chi connectivity index (χ3n) is 1.21. The average molecular weight is 151 g/mol. The topological polar surface area (TPSA) is 12.0 Å². The first kappa shape index (κ1) is 8.66. The summed E-state index contributed by atoms with van der Waals surface area (Å²) in [5.74, 6) is 0. The molecule has 0 bridgehead atoms. The van der Waals surface area contributed by atoms with Gasteiger partial charge in [0.15, 0.2) is 0 Å². The first-order valence-corrected chi connectivity index (χ1v) is 4.21. The molecule has 3 heteroatoms. The Labute approximate surface area is 61.5 Å². The third-order valence-corrected chi connectivity index (χ3v) is 1.21. The van der Waals surface area contributed by atoms with Crippen molar-refractivity contribution in [2.45, 2.75) is 13.8 Å². The standard InChI is InChI=1S/C5H11N.H2S2/c1-5(2)3-6-4-5;1-2/h6H,3-4H2,1-2H3;1-2H. The molecule has 0 radical (unpaired) electrons. The average Bonchev–Trinajstić information content (AvgIpc) is 1.69. The van der Waals surface area contributed by atoms with Crippen LogP contribution in [0.4, 0.5) is 0 Å². The van der Waals surface area contributed by atoms with Gasteiger partial charge in [0.25, 0.3) is 0 Å². The molecule has 50 valence electrons. The van der Waals surface area contributed by atoms with E-state index in [9.17, 15) is 0 Å². The lowest BCUT2D eigenvalue weighted by Crippen LogP contribution is -2.49. The van der Waals surface area contributed by atoms with E-state index in [2.05, 4.69) is 42.5 Å². The molecule has 1 heterocycles. The highest BCUT2D eigenvalue weighted by Crippen LogP contribution is 2.18. The Hall–Kier alpha value is 0.660. The van der Waals surface area contributed by atoms with Crippen LogP contribution in [0.1, 0.15) is 13.8 Å². The van der Waals surface area contributed by atoms with Crippen LogP contribution in [0.15, 0.2) is 0 Å². The van der Waals surface area contributed by atoms with Gasteiger partial charge in [-0.05, 0) is 5.41 Å². The van der Waals surface area contributed by atoms with Gasteiger partial charge in [0.1, 0.15) is 0 Å². The van der Waals surface area contributed by atoms with Gasteiger partial charge in [-0.1, -0.05) is 13.8 Å². The largest absolute Gasteiger partial charge is 0.316 e. The summed E-state index contributed by atoms with van der Waals surface area (Å²) in [5.41, 5.74) is 0.611. The van der Waals surface area contributed by atoms with Crippen molar-refractivity contribution in [3.63, 3.8) is 0 Å². The minimum atomic E-state index is 0.611. The Bertz CT molecular complexity index is 57.4. The normalized spacial score (nSPS) is 22.5. The number of nitrogens with one attached hydrogen (secondary N) is 1. The molecule has 1 saturated heterocycles. The highest BCUT2D eigenvalue weighted by molar-refractivity contribution is 8.59. The second kappa shape index (κ2) is 3.64. The fourth-order valence-electron chi connectivity index (χ4n) is 0.625. The van der Waals surface area contributed by atoms with Crippen LogP contribution in [-0.4, -0.2) is 13.1 Å². The minimum Gasteiger partial charge on any atom is -0.316 e. The van der Waals surface area contributed by atoms with Crippen LogP contribution in [0.3, 0.4) is 0 Å². The molecular formula is C5H13NS2. The van der Waals surface area contributed by atoms with Crippen molar-refractivity contribution in [1.82, 2.24) is 5.32 Å². The van der Waals surface area contributed by atoms with Gasteiger partial charge in [0.2, 0.25) is 0 Å². The van der Waals surface area contributed by atoms with E-state index in [1.54, 1.807) is 0 Å². The maximum Gasteiger partial charge on any atom is 0.00149 e. The molecule has 8 heavy (non-hydrogen) atoms. The molecule has 1 fully saturated rings. The van der Waals surface area contributed by atoms with E-state index in [0.29, 0.717) is 5.41 Å². The molecule has 0 aromatic rings. The summed E-state index contributed by atoms with van der Waals surface area (Å²) < 4.78 is 0.